The molecule has 0 radical (unpaired) electrons. The summed E-state index contributed by atoms with van der Waals surface area (Å²) in [5.41, 5.74) is 0. The van der Waals surface area contributed by atoms with Crippen molar-refractivity contribution in [3.05, 3.63) is 12.2 Å². The molecule has 0 saturated heterocycles. The Morgan fingerprint density at radius 2 is 1.84 bits per heavy atom. The Morgan fingerprint density at radius 3 is 2.44 bits per heavy atom. The number of ketones is 1. The lowest BCUT2D eigenvalue weighted by Crippen LogP contribution is -2.38. The number of aliphatic carboxylic acids is 1. The number of rotatable bonds is 9. The molecule has 8 atom stereocenters. The number of aliphatic hydroxyl groups excluding tert-OH is 2. The molecule has 8 heteroatoms. The molecule has 1 aliphatic rings. The third kappa shape index (κ3) is 9.00. The Balaban J connectivity index is 2.83. The van der Waals surface area contributed by atoms with Gasteiger partial charge >= 0.3 is 11.9 Å². The molecule has 8 nitrogen and oxygen atoms in total. The van der Waals surface area contributed by atoms with E-state index < -0.39 is 42.3 Å². The fourth-order valence-corrected chi connectivity index (χ4v) is 4.10. The van der Waals surface area contributed by atoms with Crippen LogP contribution in [0.4, 0.5) is 0 Å². The number of aliphatic hydroxyl groups is 2. The SMILES string of the molecule is CO[C@H](CC(=O)O)[C@@H](C)C(=O)[C@H](C)CC[C@H]1OC(=O)[C@H](O)[C@H](O)/C=C/[C@H](C)CCC[C@@H]1C. The second-order valence-corrected chi connectivity index (χ2v) is 9.22. The van der Waals surface area contributed by atoms with E-state index >= 15 is 0 Å². The first kappa shape index (κ1) is 28.3. The summed E-state index contributed by atoms with van der Waals surface area (Å²) in [5, 5.41) is 29.2. The highest BCUT2D eigenvalue weighted by Crippen LogP contribution is 2.26. The molecule has 3 N–H and O–H groups in total. The molecule has 0 bridgehead atoms. The van der Waals surface area contributed by atoms with Gasteiger partial charge in [0.15, 0.2) is 6.10 Å². The van der Waals surface area contributed by atoms with Crippen molar-refractivity contribution in [3.8, 4) is 0 Å². The number of carbonyl (C=O) groups excluding carboxylic acids is 2. The molecule has 0 fully saturated rings. The molecule has 0 saturated carbocycles. The summed E-state index contributed by atoms with van der Waals surface area (Å²) in [5.74, 6) is -2.70. The van der Waals surface area contributed by atoms with Crippen LogP contribution in [0.3, 0.4) is 0 Å². The lowest BCUT2D eigenvalue weighted by molar-refractivity contribution is -0.166. The van der Waals surface area contributed by atoms with E-state index in [1.807, 2.05) is 13.8 Å². The molecular weight excluding hydrogens is 416 g/mol. The summed E-state index contributed by atoms with van der Waals surface area (Å²) in [6.45, 7) is 7.45. The van der Waals surface area contributed by atoms with E-state index in [1.54, 1.807) is 19.9 Å². The van der Waals surface area contributed by atoms with Gasteiger partial charge in [-0.25, -0.2) is 4.79 Å². The standard InChI is InChI=1S/C24H40O8/c1-14-7-6-8-15(2)19(32-24(30)23(29)18(25)11-9-14)12-10-16(3)22(28)17(4)20(31-5)13-21(26)27/h9,11,14-20,23,25,29H,6-8,10,12-13H2,1-5H3,(H,26,27)/b11-9+/t14-,15+,16-,17-,18-,19-,20-,23-/m1/s1. The maximum Gasteiger partial charge on any atom is 0.338 e. The number of methoxy groups -OCH3 is 1. The summed E-state index contributed by atoms with van der Waals surface area (Å²) < 4.78 is 10.8. The van der Waals surface area contributed by atoms with E-state index in [-0.39, 0.29) is 30.0 Å². The van der Waals surface area contributed by atoms with Crippen LogP contribution in [-0.2, 0) is 23.9 Å². The van der Waals surface area contributed by atoms with Gasteiger partial charge in [-0.15, -0.1) is 0 Å². The van der Waals surface area contributed by atoms with E-state index in [0.717, 1.165) is 19.3 Å². The van der Waals surface area contributed by atoms with Crippen LogP contribution < -0.4 is 0 Å². The van der Waals surface area contributed by atoms with Crippen LogP contribution in [0.1, 0.15) is 66.2 Å². The number of hydrogen-bond acceptors (Lipinski definition) is 7. The number of hydrogen-bond donors (Lipinski definition) is 3. The Labute approximate surface area is 191 Å². The maximum atomic E-state index is 12.8. The predicted molar refractivity (Wildman–Crippen MR) is 119 cm³/mol. The highest BCUT2D eigenvalue weighted by atomic mass is 16.6. The highest BCUT2D eigenvalue weighted by molar-refractivity contribution is 5.84. The average molecular weight is 457 g/mol. The first-order chi connectivity index (χ1) is 15.0. The van der Waals surface area contributed by atoms with Crippen LogP contribution in [0.15, 0.2) is 12.2 Å². The number of ether oxygens (including phenoxy) is 2. The molecule has 1 rings (SSSR count). The van der Waals surface area contributed by atoms with Crippen molar-refractivity contribution in [2.45, 2.75) is 90.6 Å². The molecule has 32 heavy (non-hydrogen) atoms. The van der Waals surface area contributed by atoms with Crippen molar-refractivity contribution in [2.24, 2.45) is 23.7 Å². The zero-order chi connectivity index (χ0) is 24.4. The average Bonchev–Trinajstić information content (AvgIpc) is 2.75. The summed E-state index contributed by atoms with van der Waals surface area (Å²) in [4.78, 5) is 36.2. The molecule has 0 amide bonds. The summed E-state index contributed by atoms with van der Waals surface area (Å²) in [6, 6.07) is 0. The van der Waals surface area contributed by atoms with Crippen molar-refractivity contribution < 1.29 is 39.2 Å². The molecule has 0 aromatic rings. The van der Waals surface area contributed by atoms with Crippen molar-refractivity contribution in [3.63, 3.8) is 0 Å². The fourth-order valence-electron chi connectivity index (χ4n) is 4.10. The first-order valence-corrected chi connectivity index (χ1v) is 11.5. The summed E-state index contributed by atoms with van der Waals surface area (Å²) in [6.07, 6.45) is 2.35. The number of carboxylic acids is 1. The molecule has 0 aromatic heterocycles. The highest BCUT2D eigenvalue weighted by Gasteiger charge is 2.32. The van der Waals surface area contributed by atoms with Crippen LogP contribution in [0, 0.1) is 23.7 Å². The minimum atomic E-state index is -1.66. The van der Waals surface area contributed by atoms with E-state index in [1.165, 1.54) is 13.2 Å². The van der Waals surface area contributed by atoms with Gasteiger partial charge in [0.25, 0.3) is 0 Å². The molecule has 184 valence electrons. The van der Waals surface area contributed by atoms with Gasteiger partial charge in [0.05, 0.1) is 12.5 Å². The molecule has 1 heterocycles. The molecular formula is C24H40O8. The van der Waals surface area contributed by atoms with Gasteiger partial charge in [-0.3, -0.25) is 9.59 Å². The minimum absolute atomic E-state index is 0.0253. The molecule has 0 aliphatic carbocycles. The van der Waals surface area contributed by atoms with Gasteiger partial charge in [-0.2, -0.15) is 0 Å². The van der Waals surface area contributed by atoms with Crippen molar-refractivity contribution in [2.75, 3.05) is 7.11 Å². The number of esters is 1. The second-order valence-electron chi connectivity index (χ2n) is 9.22. The zero-order valence-corrected chi connectivity index (χ0v) is 19.9. The van der Waals surface area contributed by atoms with Gasteiger partial charge in [0, 0.05) is 18.9 Å². The largest absolute Gasteiger partial charge is 0.481 e. The number of Topliss-reactive ketones (excluding diaryl/α,β-unsaturated/α-hetero) is 1. The van der Waals surface area contributed by atoms with E-state index in [4.69, 9.17) is 14.6 Å². The lowest BCUT2D eigenvalue weighted by Gasteiger charge is -2.28. The van der Waals surface area contributed by atoms with Gasteiger partial charge in [-0.05, 0) is 37.5 Å². The third-order valence-corrected chi connectivity index (χ3v) is 6.48. The topological polar surface area (TPSA) is 130 Å². The zero-order valence-electron chi connectivity index (χ0n) is 19.9. The van der Waals surface area contributed by atoms with E-state index in [9.17, 15) is 24.6 Å². The fraction of sp³-hybridized carbons (Fsp3) is 0.792. The molecule has 1 aliphatic heterocycles. The Hall–Kier alpha value is -1.77. The van der Waals surface area contributed by atoms with E-state index in [0.29, 0.717) is 12.8 Å². The Kier molecular flexibility index (Phi) is 12.1. The Bertz CT molecular complexity index is 646. The van der Waals surface area contributed by atoms with Crippen LogP contribution >= 0.6 is 0 Å². The van der Waals surface area contributed by atoms with Gasteiger partial charge in [0.2, 0.25) is 0 Å². The van der Waals surface area contributed by atoms with Gasteiger partial charge in [0.1, 0.15) is 18.0 Å². The number of allylic oxidation sites excluding steroid dienone is 1. The third-order valence-electron chi connectivity index (χ3n) is 6.48. The quantitative estimate of drug-likeness (QED) is 0.357. The lowest BCUT2D eigenvalue weighted by atomic mass is 9.85. The monoisotopic (exact) mass is 456 g/mol. The second kappa shape index (κ2) is 13.7. The van der Waals surface area contributed by atoms with Crippen molar-refractivity contribution in [1.82, 2.24) is 0 Å². The summed E-state index contributed by atoms with van der Waals surface area (Å²) in [7, 11) is 1.39. The van der Waals surface area contributed by atoms with E-state index in [2.05, 4.69) is 0 Å². The molecule has 0 aromatic carbocycles. The predicted octanol–water partition coefficient (Wildman–Crippen LogP) is 2.74. The first-order valence-electron chi connectivity index (χ1n) is 11.5. The maximum absolute atomic E-state index is 12.8. The van der Waals surface area contributed by atoms with Crippen molar-refractivity contribution >= 4 is 17.7 Å². The van der Waals surface area contributed by atoms with Gasteiger partial charge < -0.3 is 24.8 Å². The smallest absolute Gasteiger partial charge is 0.338 e. The van der Waals surface area contributed by atoms with Crippen LogP contribution in [0.2, 0.25) is 0 Å². The van der Waals surface area contributed by atoms with Gasteiger partial charge in [-0.1, -0.05) is 46.3 Å². The minimum Gasteiger partial charge on any atom is -0.481 e. The summed E-state index contributed by atoms with van der Waals surface area (Å²) >= 11 is 0. The van der Waals surface area contributed by atoms with Crippen molar-refractivity contribution in [1.29, 1.82) is 0 Å². The number of cyclic esters (lactones) is 1. The van der Waals surface area contributed by atoms with Crippen LogP contribution in [0.25, 0.3) is 0 Å². The molecule has 0 unspecified atom stereocenters. The molecule has 0 spiro atoms. The number of carboxylic acid groups (broad SMARTS) is 1. The van der Waals surface area contributed by atoms with Crippen LogP contribution in [-0.4, -0.2) is 64.6 Å². The normalized spacial score (nSPS) is 31.3. The Morgan fingerprint density at radius 1 is 1.19 bits per heavy atom. The number of carbonyl (C=O) groups is 3. The van der Waals surface area contributed by atoms with Crippen LogP contribution in [0.5, 0.6) is 0 Å².